The third-order valence-corrected chi connectivity index (χ3v) is 6.57. The molecule has 0 radical (unpaired) electrons. The van der Waals surface area contributed by atoms with Crippen LogP contribution in [0.1, 0.15) is 30.4 Å². The second-order valence-electron chi connectivity index (χ2n) is 8.22. The average Bonchev–Trinajstić information content (AvgIpc) is 3.07. The summed E-state index contributed by atoms with van der Waals surface area (Å²) in [6.07, 6.45) is 1.49. The van der Waals surface area contributed by atoms with Crippen molar-refractivity contribution < 1.29 is 19.1 Å². The number of esters is 1. The van der Waals surface area contributed by atoms with Crippen LogP contribution in [0.4, 0.5) is 11.4 Å². The van der Waals surface area contributed by atoms with E-state index in [1.54, 1.807) is 29.2 Å². The molecule has 3 aliphatic rings. The Balaban J connectivity index is 1.93. The molecule has 32 heavy (non-hydrogen) atoms. The molecule has 2 heterocycles. The van der Waals surface area contributed by atoms with Gasteiger partial charge in [0.05, 0.1) is 12.8 Å². The molecule has 0 bridgehead atoms. The number of rotatable bonds is 2. The summed E-state index contributed by atoms with van der Waals surface area (Å²) in [5, 5.41) is 2.87. The molecule has 2 aliphatic heterocycles. The van der Waals surface area contributed by atoms with Gasteiger partial charge in [0.25, 0.3) is 0 Å². The summed E-state index contributed by atoms with van der Waals surface area (Å²) < 4.78 is 5.12. The lowest BCUT2D eigenvalue weighted by Crippen LogP contribution is -2.53. The number of nitrogens with one attached hydrogen (secondary N) is 1. The van der Waals surface area contributed by atoms with Crippen molar-refractivity contribution >= 4 is 29.0 Å². The standard InChI is InChI=1S/C25H23N3O4/c1-14-8-3-6-11-17(14)28-18-12-7-13-19(29)20(18)25(21(22(28)26)23(30)32-2)15-9-4-5-10-16(15)27-24(25)31/h3-6,8-11H,7,12-13,26H2,1-2H3,(H,27,31). The highest BCUT2D eigenvalue weighted by atomic mass is 16.5. The van der Waals surface area contributed by atoms with Gasteiger partial charge in [-0.15, -0.1) is 0 Å². The predicted octanol–water partition coefficient (Wildman–Crippen LogP) is 3.06. The fourth-order valence-corrected chi connectivity index (χ4v) is 5.25. The molecule has 0 fully saturated rings. The molecule has 1 atom stereocenters. The van der Waals surface area contributed by atoms with E-state index in [0.29, 0.717) is 41.8 Å². The van der Waals surface area contributed by atoms with Gasteiger partial charge in [-0.1, -0.05) is 36.4 Å². The molecule has 7 nitrogen and oxygen atoms in total. The van der Waals surface area contributed by atoms with E-state index in [9.17, 15) is 14.4 Å². The molecule has 1 aliphatic carbocycles. The Labute approximate surface area is 185 Å². The number of amides is 1. The van der Waals surface area contributed by atoms with Crippen molar-refractivity contribution in [1.29, 1.82) is 0 Å². The molecule has 1 spiro atoms. The normalized spacial score (nSPS) is 22.1. The Morgan fingerprint density at radius 1 is 1.09 bits per heavy atom. The lowest BCUT2D eigenvalue weighted by atomic mass is 9.63. The van der Waals surface area contributed by atoms with Crippen molar-refractivity contribution in [3.8, 4) is 0 Å². The van der Waals surface area contributed by atoms with Gasteiger partial charge in [0.15, 0.2) is 5.78 Å². The van der Waals surface area contributed by atoms with Crippen molar-refractivity contribution in [2.24, 2.45) is 5.73 Å². The number of allylic oxidation sites excluding steroid dienone is 1. The van der Waals surface area contributed by atoms with Crippen LogP contribution in [-0.2, 0) is 24.5 Å². The molecule has 0 saturated carbocycles. The Morgan fingerprint density at radius 2 is 1.81 bits per heavy atom. The third kappa shape index (κ3) is 2.45. The van der Waals surface area contributed by atoms with Crippen LogP contribution in [0.25, 0.3) is 0 Å². The Kier molecular flexibility index (Phi) is 4.44. The molecule has 1 unspecified atom stereocenters. The van der Waals surface area contributed by atoms with Crippen LogP contribution in [0.5, 0.6) is 0 Å². The zero-order valence-electron chi connectivity index (χ0n) is 17.9. The Morgan fingerprint density at radius 3 is 2.56 bits per heavy atom. The molecule has 2 aromatic carbocycles. The molecule has 2 aromatic rings. The van der Waals surface area contributed by atoms with Gasteiger partial charge in [0, 0.05) is 28.9 Å². The topological polar surface area (TPSA) is 102 Å². The fourth-order valence-electron chi connectivity index (χ4n) is 5.25. The number of fused-ring (bicyclic) bond motifs is 3. The van der Waals surface area contributed by atoms with Crippen molar-refractivity contribution in [2.45, 2.75) is 31.6 Å². The maximum atomic E-state index is 13.7. The van der Waals surface area contributed by atoms with Gasteiger partial charge < -0.3 is 15.8 Å². The smallest absolute Gasteiger partial charge is 0.339 e. The van der Waals surface area contributed by atoms with E-state index in [2.05, 4.69) is 5.32 Å². The van der Waals surface area contributed by atoms with Crippen LogP contribution >= 0.6 is 0 Å². The van der Waals surface area contributed by atoms with Crippen LogP contribution in [0.3, 0.4) is 0 Å². The Bertz CT molecular complexity index is 1260. The molecule has 0 saturated heterocycles. The van der Waals surface area contributed by atoms with Crippen molar-refractivity contribution in [3.63, 3.8) is 0 Å². The molecular weight excluding hydrogens is 406 g/mol. The summed E-state index contributed by atoms with van der Waals surface area (Å²) in [5.41, 5.74) is 8.79. The highest BCUT2D eigenvalue weighted by Gasteiger charge is 2.61. The van der Waals surface area contributed by atoms with Gasteiger partial charge in [-0.05, 0) is 37.5 Å². The predicted molar refractivity (Wildman–Crippen MR) is 120 cm³/mol. The van der Waals surface area contributed by atoms with E-state index in [-0.39, 0.29) is 17.2 Å². The second kappa shape index (κ2) is 7.09. The van der Waals surface area contributed by atoms with E-state index in [0.717, 1.165) is 11.3 Å². The number of methoxy groups -OCH3 is 1. The first-order valence-corrected chi connectivity index (χ1v) is 10.5. The minimum atomic E-state index is -1.64. The zero-order chi connectivity index (χ0) is 22.6. The molecule has 3 N–H and O–H groups in total. The summed E-state index contributed by atoms with van der Waals surface area (Å²) >= 11 is 0. The maximum absolute atomic E-state index is 13.7. The first-order valence-electron chi connectivity index (χ1n) is 10.5. The van der Waals surface area contributed by atoms with E-state index in [1.165, 1.54) is 7.11 Å². The van der Waals surface area contributed by atoms with E-state index < -0.39 is 17.3 Å². The van der Waals surface area contributed by atoms with Gasteiger partial charge in [-0.3, -0.25) is 14.5 Å². The highest BCUT2D eigenvalue weighted by Crippen LogP contribution is 2.55. The summed E-state index contributed by atoms with van der Waals surface area (Å²) in [6, 6.07) is 14.7. The monoisotopic (exact) mass is 429 g/mol. The third-order valence-electron chi connectivity index (χ3n) is 6.57. The number of ketones is 1. The molecule has 7 heteroatoms. The number of anilines is 2. The van der Waals surface area contributed by atoms with E-state index in [1.807, 2.05) is 31.2 Å². The van der Waals surface area contributed by atoms with Crippen LogP contribution < -0.4 is 16.0 Å². The average molecular weight is 429 g/mol. The molecule has 1 amide bonds. The number of aryl methyl sites for hydroxylation is 1. The number of carbonyl (C=O) groups excluding carboxylic acids is 3. The van der Waals surface area contributed by atoms with Crippen LogP contribution in [0.15, 0.2) is 71.2 Å². The molecular formula is C25H23N3O4. The largest absolute Gasteiger partial charge is 0.466 e. The lowest BCUT2D eigenvalue weighted by Gasteiger charge is -2.44. The molecule has 0 aromatic heterocycles. The molecule has 162 valence electrons. The number of benzene rings is 2. The zero-order valence-corrected chi connectivity index (χ0v) is 17.9. The van der Waals surface area contributed by atoms with Gasteiger partial charge >= 0.3 is 5.97 Å². The first kappa shape index (κ1) is 20.1. The van der Waals surface area contributed by atoms with Crippen molar-refractivity contribution in [1.82, 2.24) is 0 Å². The molecule has 5 rings (SSSR count). The van der Waals surface area contributed by atoms with Gasteiger partial charge in [0.2, 0.25) is 5.91 Å². The number of para-hydroxylation sites is 2. The number of carbonyl (C=O) groups is 3. The minimum absolute atomic E-state index is 0.0281. The number of hydrogen-bond donors (Lipinski definition) is 2. The quantitative estimate of drug-likeness (QED) is 0.712. The number of nitrogens with two attached hydrogens (primary N) is 1. The number of nitrogens with zero attached hydrogens (tertiary/aromatic N) is 1. The SMILES string of the molecule is COC(=O)C1=C(N)N(c2ccccc2C)C2=C(C(=O)CCC2)C12C(=O)Nc1ccccc12. The summed E-state index contributed by atoms with van der Waals surface area (Å²) in [7, 11) is 1.25. The van der Waals surface area contributed by atoms with E-state index in [4.69, 9.17) is 10.5 Å². The lowest BCUT2D eigenvalue weighted by molar-refractivity contribution is -0.138. The van der Waals surface area contributed by atoms with Gasteiger partial charge in [-0.25, -0.2) is 4.79 Å². The fraction of sp³-hybridized carbons (Fsp3) is 0.240. The van der Waals surface area contributed by atoms with Crippen LogP contribution in [0, 0.1) is 6.92 Å². The number of Topliss-reactive ketones (excluding diaryl/α,β-unsaturated/α-hetero) is 1. The highest BCUT2D eigenvalue weighted by molar-refractivity contribution is 6.23. The first-order chi connectivity index (χ1) is 15.4. The summed E-state index contributed by atoms with van der Waals surface area (Å²) in [6.45, 7) is 1.94. The maximum Gasteiger partial charge on any atom is 0.339 e. The Hall–Kier alpha value is -3.87. The van der Waals surface area contributed by atoms with Crippen LogP contribution in [0.2, 0.25) is 0 Å². The van der Waals surface area contributed by atoms with Crippen LogP contribution in [-0.4, -0.2) is 24.8 Å². The summed E-state index contributed by atoms with van der Waals surface area (Å²) in [5.74, 6) is -1.26. The van der Waals surface area contributed by atoms with Crippen molar-refractivity contribution in [2.75, 3.05) is 17.3 Å². The summed E-state index contributed by atoms with van der Waals surface area (Å²) in [4.78, 5) is 42.2. The van der Waals surface area contributed by atoms with E-state index >= 15 is 0 Å². The number of hydrogen-bond acceptors (Lipinski definition) is 6. The van der Waals surface area contributed by atoms with Gasteiger partial charge in [0.1, 0.15) is 16.8 Å². The number of ether oxygens (including phenoxy) is 1. The minimum Gasteiger partial charge on any atom is -0.466 e. The van der Waals surface area contributed by atoms with Gasteiger partial charge in [-0.2, -0.15) is 0 Å². The second-order valence-corrected chi connectivity index (χ2v) is 8.22. The van der Waals surface area contributed by atoms with Crippen molar-refractivity contribution in [3.05, 3.63) is 82.3 Å².